The summed E-state index contributed by atoms with van der Waals surface area (Å²) in [7, 11) is 3.00. The topological polar surface area (TPSA) is 83.4 Å². The molecule has 0 radical (unpaired) electrons. The zero-order valence-electron chi connectivity index (χ0n) is 16.5. The number of rotatable bonds is 7. The Kier molecular flexibility index (Phi) is 7.31. The summed E-state index contributed by atoms with van der Waals surface area (Å²) in [6, 6.07) is 10.7. The molecule has 0 saturated carbocycles. The molecule has 0 heterocycles. The van der Waals surface area contributed by atoms with Crippen molar-refractivity contribution in [1.29, 1.82) is 5.26 Å². The van der Waals surface area contributed by atoms with Crippen molar-refractivity contribution >= 4 is 11.6 Å². The van der Waals surface area contributed by atoms with Crippen LogP contribution in [0.4, 0.5) is 18.9 Å². The lowest BCUT2D eigenvalue weighted by atomic mass is 10.1. The monoisotopic (exact) mass is 419 g/mol. The van der Waals surface area contributed by atoms with Gasteiger partial charge in [-0.3, -0.25) is 4.79 Å². The van der Waals surface area contributed by atoms with E-state index in [-0.39, 0.29) is 5.57 Å². The van der Waals surface area contributed by atoms with Gasteiger partial charge in [0.05, 0.1) is 25.8 Å². The van der Waals surface area contributed by atoms with Crippen LogP contribution in [0, 0.1) is 11.3 Å². The van der Waals surface area contributed by atoms with E-state index < -0.39 is 23.7 Å². The molecule has 1 amide bonds. The Hall–Kier alpha value is -3.67. The molecule has 0 bridgehead atoms. The molecule has 2 aromatic rings. The summed E-state index contributed by atoms with van der Waals surface area (Å²) < 4.78 is 48.2. The largest absolute Gasteiger partial charge is 0.493 e. The van der Waals surface area contributed by atoms with E-state index in [1.165, 1.54) is 26.4 Å². The molecule has 0 saturated heterocycles. The summed E-state index contributed by atoms with van der Waals surface area (Å²) in [5.74, 6) is 0.397. The molecule has 0 aliphatic heterocycles. The predicted molar refractivity (Wildman–Crippen MR) is 105 cm³/mol. The lowest BCUT2D eigenvalue weighted by Gasteiger charge is -2.16. The highest BCUT2D eigenvalue weighted by molar-refractivity contribution is 5.97. The standard InChI is InChI=1S/C21H20F3N3O3/c1-13(14-4-9-18(29-2)19(10-14)30-3)27-20(28)15(11-25)12-26-17-7-5-16(6-8-17)21(22,23)24/h4-10,12-13,26H,1-3H3,(H,27,28)/b15-12-. The Morgan fingerprint density at radius 1 is 1.10 bits per heavy atom. The average Bonchev–Trinajstić information content (AvgIpc) is 2.73. The van der Waals surface area contributed by atoms with Crippen LogP contribution in [0.2, 0.25) is 0 Å². The van der Waals surface area contributed by atoms with Crippen LogP contribution < -0.4 is 20.1 Å². The van der Waals surface area contributed by atoms with Crippen molar-refractivity contribution in [2.75, 3.05) is 19.5 Å². The van der Waals surface area contributed by atoms with Crippen molar-refractivity contribution in [2.45, 2.75) is 19.1 Å². The van der Waals surface area contributed by atoms with Crippen molar-refractivity contribution in [3.63, 3.8) is 0 Å². The fourth-order valence-electron chi connectivity index (χ4n) is 2.54. The quantitative estimate of drug-likeness (QED) is 0.513. The van der Waals surface area contributed by atoms with Crippen LogP contribution >= 0.6 is 0 Å². The minimum Gasteiger partial charge on any atom is -0.493 e. The number of halogens is 3. The number of hydrogen-bond acceptors (Lipinski definition) is 5. The van der Waals surface area contributed by atoms with Crippen molar-refractivity contribution in [2.24, 2.45) is 0 Å². The van der Waals surface area contributed by atoms with Gasteiger partial charge in [-0.25, -0.2) is 0 Å². The summed E-state index contributed by atoms with van der Waals surface area (Å²) >= 11 is 0. The van der Waals surface area contributed by atoms with Gasteiger partial charge in [0.25, 0.3) is 5.91 Å². The Labute approximate surface area is 171 Å². The molecule has 2 N–H and O–H groups in total. The van der Waals surface area contributed by atoms with E-state index in [1.807, 2.05) is 0 Å². The molecular weight excluding hydrogens is 399 g/mol. The zero-order chi connectivity index (χ0) is 22.3. The predicted octanol–water partition coefficient (Wildman–Crippen LogP) is 4.42. The van der Waals surface area contributed by atoms with E-state index in [1.54, 1.807) is 31.2 Å². The van der Waals surface area contributed by atoms with Gasteiger partial charge in [0, 0.05) is 11.9 Å². The molecule has 30 heavy (non-hydrogen) atoms. The molecule has 0 aliphatic carbocycles. The van der Waals surface area contributed by atoms with Crippen LogP contribution in [0.1, 0.15) is 24.1 Å². The van der Waals surface area contributed by atoms with Crippen molar-refractivity contribution in [3.05, 3.63) is 65.4 Å². The first-order valence-corrected chi connectivity index (χ1v) is 8.76. The van der Waals surface area contributed by atoms with Gasteiger partial charge in [-0.1, -0.05) is 6.07 Å². The van der Waals surface area contributed by atoms with E-state index in [0.717, 1.165) is 23.9 Å². The van der Waals surface area contributed by atoms with Gasteiger partial charge in [0.1, 0.15) is 11.6 Å². The van der Waals surface area contributed by atoms with Crippen LogP contribution in [0.25, 0.3) is 0 Å². The van der Waals surface area contributed by atoms with E-state index >= 15 is 0 Å². The second-order valence-corrected chi connectivity index (χ2v) is 6.20. The number of alkyl halides is 3. The number of carbonyl (C=O) groups is 1. The van der Waals surface area contributed by atoms with E-state index in [9.17, 15) is 23.2 Å². The Bertz CT molecular complexity index is 964. The highest BCUT2D eigenvalue weighted by Crippen LogP contribution is 2.31. The maximum atomic E-state index is 12.6. The average molecular weight is 419 g/mol. The number of anilines is 1. The second kappa shape index (κ2) is 9.69. The smallest absolute Gasteiger partial charge is 0.416 e. The van der Waals surface area contributed by atoms with Gasteiger partial charge in [-0.15, -0.1) is 0 Å². The minimum atomic E-state index is -4.44. The molecule has 0 aromatic heterocycles. The van der Waals surface area contributed by atoms with Crippen LogP contribution in [0.15, 0.2) is 54.2 Å². The molecule has 0 aliphatic rings. The van der Waals surface area contributed by atoms with Crippen LogP contribution in [0.5, 0.6) is 11.5 Å². The zero-order valence-corrected chi connectivity index (χ0v) is 16.5. The van der Waals surface area contributed by atoms with Crippen molar-refractivity contribution in [1.82, 2.24) is 5.32 Å². The maximum Gasteiger partial charge on any atom is 0.416 e. The first-order chi connectivity index (χ1) is 14.2. The number of carbonyl (C=O) groups excluding carboxylic acids is 1. The van der Waals surface area contributed by atoms with Crippen LogP contribution in [-0.4, -0.2) is 20.1 Å². The third-order valence-corrected chi connectivity index (χ3v) is 4.22. The highest BCUT2D eigenvalue weighted by Gasteiger charge is 2.29. The van der Waals surface area contributed by atoms with E-state index in [0.29, 0.717) is 17.2 Å². The second-order valence-electron chi connectivity index (χ2n) is 6.20. The van der Waals surface area contributed by atoms with Gasteiger partial charge in [-0.05, 0) is 48.9 Å². The maximum absolute atomic E-state index is 12.6. The third-order valence-electron chi connectivity index (χ3n) is 4.22. The number of hydrogen-bond donors (Lipinski definition) is 2. The number of methoxy groups -OCH3 is 2. The van der Waals surface area contributed by atoms with E-state index in [2.05, 4.69) is 10.6 Å². The minimum absolute atomic E-state index is 0.234. The lowest BCUT2D eigenvalue weighted by molar-refractivity contribution is -0.137. The van der Waals surface area contributed by atoms with Gasteiger partial charge in [-0.2, -0.15) is 18.4 Å². The first-order valence-electron chi connectivity index (χ1n) is 8.76. The number of nitrogens with zero attached hydrogens (tertiary/aromatic N) is 1. The lowest BCUT2D eigenvalue weighted by Crippen LogP contribution is -2.28. The van der Waals surface area contributed by atoms with Crippen molar-refractivity contribution in [3.8, 4) is 17.6 Å². The number of benzene rings is 2. The summed E-state index contributed by atoms with van der Waals surface area (Å²) in [5.41, 5.74) is 0.00623. The van der Waals surface area contributed by atoms with Gasteiger partial charge < -0.3 is 20.1 Å². The van der Waals surface area contributed by atoms with Crippen LogP contribution in [-0.2, 0) is 11.0 Å². The van der Waals surface area contributed by atoms with Gasteiger partial charge in [0.15, 0.2) is 11.5 Å². The Morgan fingerprint density at radius 2 is 1.73 bits per heavy atom. The fraction of sp³-hybridized carbons (Fsp3) is 0.238. The third kappa shape index (κ3) is 5.67. The van der Waals surface area contributed by atoms with Crippen molar-refractivity contribution < 1.29 is 27.4 Å². The highest BCUT2D eigenvalue weighted by atomic mass is 19.4. The number of nitriles is 1. The molecule has 1 atom stereocenters. The molecule has 158 valence electrons. The Morgan fingerprint density at radius 3 is 2.27 bits per heavy atom. The summed E-state index contributed by atoms with van der Waals surface area (Å²) in [5, 5.41) is 14.6. The van der Waals surface area contributed by atoms with Crippen LogP contribution in [0.3, 0.4) is 0 Å². The SMILES string of the molecule is COc1ccc(C(C)NC(=O)/C(C#N)=C\Nc2ccc(C(F)(F)F)cc2)cc1OC. The molecule has 9 heteroatoms. The molecule has 2 aromatic carbocycles. The van der Waals surface area contributed by atoms with E-state index in [4.69, 9.17) is 9.47 Å². The molecule has 6 nitrogen and oxygen atoms in total. The molecule has 0 spiro atoms. The molecular formula is C21H20F3N3O3. The van der Waals surface area contributed by atoms with Gasteiger partial charge >= 0.3 is 6.18 Å². The summed E-state index contributed by atoms with van der Waals surface area (Å²) in [6.45, 7) is 1.73. The number of ether oxygens (including phenoxy) is 2. The summed E-state index contributed by atoms with van der Waals surface area (Å²) in [6.07, 6.45) is -3.30. The Balaban J connectivity index is 2.08. The molecule has 0 fully saturated rings. The van der Waals surface area contributed by atoms with Gasteiger partial charge in [0.2, 0.25) is 0 Å². The number of nitrogens with one attached hydrogen (secondary N) is 2. The number of amides is 1. The normalized spacial score (nSPS) is 12.5. The summed E-state index contributed by atoms with van der Waals surface area (Å²) in [4.78, 5) is 12.4. The first kappa shape index (κ1) is 22.6. The fourth-order valence-corrected chi connectivity index (χ4v) is 2.54. The molecule has 2 rings (SSSR count). The molecule has 1 unspecified atom stereocenters.